The highest BCUT2D eigenvalue weighted by Gasteiger charge is 2.31. The summed E-state index contributed by atoms with van der Waals surface area (Å²) in [4.78, 5) is 0. The van der Waals surface area contributed by atoms with Gasteiger partial charge in [-0.2, -0.15) is 0 Å². The smallest absolute Gasteiger partial charge is 0.0411 e. The topological polar surface area (TPSA) is 26.1 Å². The van der Waals surface area contributed by atoms with Crippen LogP contribution in [0.1, 0.15) is 6.42 Å². The van der Waals surface area contributed by atoms with E-state index >= 15 is 0 Å². The minimum Gasteiger partial charge on any atom is -0.315 e. The summed E-state index contributed by atoms with van der Waals surface area (Å²) >= 11 is 0. The second kappa shape index (κ2) is 1.71. The highest BCUT2D eigenvalue weighted by atomic mass is 15.1. The molecule has 1 N–H and O–H groups in total. The van der Waals surface area contributed by atoms with E-state index in [0.29, 0.717) is 6.04 Å². The van der Waals surface area contributed by atoms with Crippen LogP contribution in [-0.4, -0.2) is 25.7 Å². The molecule has 0 bridgehead atoms. The van der Waals surface area contributed by atoms with Crippen LogP contribution in [0.15, 0.2) is 0 Å². The molecule has 2 aliphatic rings. The Hall–Kier alpha value is -0.0800. The Morgan fingerprint density at radius 3 is 3.25 bits per heavy atom. The molecule has 2 aliphatic heterocycles. The zero-order valence-corrected chi connectivity index (χ0v) is 4.93. The molecule has 2 nitrogen and oxygen atoms in total. The lowest BCUT2D eigenvalue weighted by molar-refractivity contribution is 0.550. The quantitative estimate of drug-likeness (QED) is 0.451. The zero-order valence-electron chi connectivity index (χ0n) is 4.93. The highest BCUT2D eigenvalue weighted by Crippen LogP contribution is 2.19. The normalized spacial score (nSPS) is 45.0. The van der Waals surface area contributed by atoms with Crippen LogP contribution in [0.2, 0.25) is 0 Å². The van der Waals surface area contributed by atoms with Crippen molar-refractivity contribution in [1.82, 2.24) is 10.6 Å². The van der Waals surface area contributed by atoms with Crippen LogP contribution in [0, 0.1) is 5.92 Å². The molecule has 0 spiro atoms. The van der Waals surface area contributed by atoms with Crippen molar-refractivity contribution < 1.29 is 0 Å². The second-order valence-corrected chi connectivity index (χ2v) is 2.68. The van der Waals surface area contributed by atoms with Gasteiger partial charge >= 0.3 is 0 Å². The van der Waals surface area contributed by atoms with Gasteiger partial charge in [-0.1, -0.05) is 0 Å². The third-order valence-corrected chi connectivity index (χ3v) is 2.17. The standard InChI is InChI=1S/C6H11N2/c1-2-8-6-4-7-3-5(1)6/h5-7H,1-4H2. The van der Waals surface area contributed by atoms with E-state index in [1.165, 1.54) is 13.0 Å². The Kier molecular flexibility index (Phi) is 1.02. The third kappa shape index (κ3) is 0.565. The zero-order chi connectivity index (χ0) is 5.40. The lowest BCUT2D eigenvalue weighted by Gasteiger charge is -2.01. The fraction of sp³-hybridized carbons (Fsp3) is 1.00. The number of fused-ring (bicyclic) bond motifs is 1. The van der Waals surface area contributed by atoms with Crippen LogP contribution in [0.5, 0.6) is 0 Å². The van der Waals surface area contributed by atoms with Gasteiger partial charge in [0.2, 0.25) is 0 Å². The van der Waals surface area contributed by atoms with Crippen LogP contribution in [0.3, 0.4) is 0 Å². The van der Waals surface area contributed by atoms with E-state index in [4.69, 9.17) is 0 Å². The lowest BCUT2D eigenvalue weighted by atomic mass is 10.1. The van der Waals surface area contributed by atoms with Crippen LogP contribution in [-0.2, 0) is 0 Å². The summed E-state index contributed by atoms with van der Waals surface area (Å²) in [5.74, 6) is 0.898. The van der Waals surface area contributed by atoms with Gasteiger partial charge in [0, 0.05) is 19.1 Å². The predicted molar refractivity (Wildman–Crippen MR) is 31.8 cm³/mol. The van der Waals surface area contributed by atoms with Crippen molar-refractivity contribution in [2.24, 2.45) is 5.92 Å². The van der Waals surface area contributed by atoms with Gasteiger partial charge in [0.25, 0.3) is 0 Å². The van der Waals surface area contributed by atoms with Crippen molar-refractivity contribution in [2.45, 2.75) is 12.5 Å². The van der Waals surface area contributed by atoms with Crippen LogP contribution in [0.4, 0.5) is 0 Å². The maximum absolute atomic E-state index is 4.44. The first-order valence-electron chi connectivity index (χ1n) is 3.34. The molecule has 0 aromatic rings. The molecule has 0 aliphatic carbocycles. The van der Waals surface area contributed by atoms with E-state index in [2.05, 4.69) is 10.6 Å². The Labute approximate surface area is 49.7 Å². The van der Waals surface area contributed by atoms with Gasteiger partial charge in [-0.3, -0.25) is 0 Å². The number of hydrogen-bond donors (Lipinski definition) is 1. The molecule has 45 valence electrons. The van der Waals surface area contributed by atoms with E-state index in [9.17, 15) is 0 Å². The fourth-order valence-corrected chi connectivity index (χ4v) is 1.63. The molecule has 0 aromatic heterocycles. The molecule has 0 saturated carbocycles. The molecular weight excluding hydrogens is 100 g/mol. The van der Waals surface area contributed by atoms with E-state index in [-0.39, 0.29) is 0 Å². The predicted octanol–water partition coefficient (Wildman–Crippen LogP) is -0.417. The average molecular weight is 111 g/mol. The molecular formula is C6H11N2. The maximum atomic E-state index is 4.44. The number of rotatable bonds is 0. The number of hydrogen-bond acceptors (Lipinski definition) is 1. The third-order valence-electron chi connectivity index (χ3n) is 2.17. The van der Waals surface area contributed by atoms with Crippen molar-refractivity contribution in [3.63, 3.8) is 0 Å². The summed E-state index contributed by atoms with van der Waals surface area (Å²) in [6, 6.07) is 0.690. The van der Waals surface area contributed by atoms with Crippen molar-refractivity contribution in [3.8, 4) is 0 Å². The Balaban J connectivity index is 2.04. The summed E-state index contributed by atoms with van der Waals surface area (Å²) in [7, 11) is 0. The van der Waals surface area contributed by atoms with Gasteiger partial charge in [0.05, 0.1) is 0 Å². The van der Waals surface area contributed by atoms with E-state index in [1.807, 2.05) is 0 Å². The highest BCUT2D eigenvalue weighted by molar-refractivity contribution is 4.91. The summed E-state index contributed by atoms with van der Waals surface area (Å²) in [5.41, 5.74) is 0. The summed E-state index contributed by atoms with van der Waals surface area (Å²) in [6.07, 6.45) is 1.33. The van der Waals surface area contributed by atoms with Crippen molar-refractivity contribution in [3.05, 3.63) is 0 Å². The molecule has 2 unspecified atom stereocenters. The SMILES string of the molecule is C1CC2CNCC2[N]1. The lowest BCUT2D eigenvalue weighted by Crippen LogP contribution is -2.21. The minimum atomic E-state index is 0.690. The minimum absolute atomic E-state index is 0.690. The molecule has 2 saturated heterocycles. The summed E-state index contributed by atoms with van der Waals surface area (Å²) < 4.78 is 0. The number of nitrogens with zero attached hydrogens (tertiary/aromatic N) is 1. The summed E-state index contributed by atoms with van der Waals surface area (Å²) in [5, 5.41) is 7.77. The Morgan fingerprint density at radius 2 is 2.38 bits per heavy atom. The van der Waals surface area contributed by atoms with Gasteiger partial charge in [-0.15, -0.1) is 0 Å². The Morgan fingerprint density at radius 1 is 1.38 bits per heavy atom. The monoisotopic (exact) mass is 111 g/mol. The second-order valence-electron chi connectivity index (χ2n) is 2.68. The van der Waals surface area contributed by atoms with E-state index in [0.717, 1.165) is 19.0 Å². The van der Waals surface area contributed by atoms with E-state index < -0.39 is 0 Å². The molecule has 2 heteroatoms. The van der Waals surface area contributed by atoms with Gasteiger partial charge < -0.3 is 5.32 Å². The first-order valence-corrected chi connectivity index (χ1v) is 3.34. The molecule has 2 atom stereocenters. The Bertz CT molecular complexity index is 72.5. The fourth-order valence-electron chi connectivity index (χ4n) is 1.63. The average Bonchev–Trinajstić information content (AvgIpc) is 2.15. The van der Waals surface area contributed by atoms with Crippen LogP contribution in [0.25, 0.3) is 0 Å². The first kappa shape index (κ1) is 4.77. The van der Waals surface area contributed by atoms with Gasteiger partial charge in [0.15, 0.2) is 0 Å². The van der Waals surface area contributed by atoms with Crippen molar-refractivity contribution in [2.75, 3.05) is 19.6 Å². The molecule has 8 heavy (non-hydrogen) atoms. The molecule has 2 heterocycles. The molecule has 1 radical (unpaired) electrons. The van der Waals surface area contributed by atoms with Gasteiger partial charge in [-0.25, -0.2) is 5.32 Å². The number of nitrogens with one attached hydrogen (secondary N) is 1. The first-order chi connectivity index (χ1) is 3.97. The molecule has 0 amide bonds. The van der Waals surface area contributed by atoms with Gasteiger partial charge in [0.1, 0.15) is 0 Å². The van der Waals surface area contributed by atoms with Gasteiger partial charge in [-0.05, 0) is 18.9 Å². The van der Waals surface area contributed by atoms with Crippen molar-refractivity contribution >= 4 is 0 Å². The molecule has 2 rings (SSSR count). The largest absolute Gasteiger partial charge is 0.315 e. The summed E-state index contributed by atoms with van der Waals surface area (Å²) in [6.45, 7) is 3.48. The molecule has 2 fully saturated rings. The maximum Gasteiger partial charge on any atom is 0.0411 e. The molecule has 0 aromatic carbocycles. The van der Waals surface area contributed by atoms with Crippen molar-refractivity contribution in [1.29, 1.82) is 0 Å². The van der Waals surface area contributed by atoms with Crippen LogP contribution < -0.4 is 10.6 Å². The van der Waals surface area contributed by atoms with Crippen LogP contribution >= 0.6 is 0 Å². The van der Waals surface area contributed by atoms with E-state index in [1.54, 1.807) is 0 Å².